The van der Waals surface area contributed by atoms with Crippen LogP contribution in [0, 0.1) is 5.92 Å². The van der Waals surface area contributed by atoms with Crippen molar-refractivity contribution in [1.82, 2.24) is 14.9 Å². The Bertz CT molecular complexity index is 656. The van der Waals surface area contributed by atoms with Gasteiger partial charge in [0.2, 0.25) is 5.91 Å². The molecule has 0 radical (unpaired) electrons. The van der Waals surface area contributed by atoms with E-state index in [4.69, 9.17) is 4.98 Å². The fraction of sp³-hybridized carbons (Fsp3) is 0.579. The van der Waals surface area contributed by atoms with Gasteiger partial charge in [-0.3, -0.25) is 4.79 Å². The number of benzene rings is 1. The highest BCUT2D eigenvalue weighted by atomic mass is 16.1. The Morgan fingerprint density at radius 1 is 1.26 bits per heavy atom. The summed E-state index contributed by atoms with van der Waals surface area (Å²) in [6.45, 7) is 3.85. The van der Waals surface area contributed by atoms with Gasteiger partial charge in [0.1, 0.15) is 5.82 Å². The molecule has 1 aromatic carbocycles. The Hall–Kier alpha value is -1.84. The monoisotopic (exact) mass is 313 g/mol. The molecule has 0 saturated heterocycles. The SMILES string of the molecule is CCCn1c(CCNC(=O)C2CCCCC2)nc2ccccc21. The number of aromatic nitrogens is 2. The molecule has 0 unspecified atom stereocenters. The van der Waals surface area contributed by atoms with Crippen LogP contribution < -0.4 is 5.32 Å². The van der Waals surface area contributed by atoms with Gasteiger partial charge in [0, 0.05) is 25.4 Å². The van der Waals surface area contributed by atoms with Crippen LogP contribution in [0.15, 0.2) is 24.3 Å². The lowest BCUT2D eigenvalue weighted by Gasteiger charge is -2.20. The molecule has 124 valence electrons. The molecule has 1 aromatic heterocycles. The van der Waals surface area contributed by atoms with Crippen molar-refractivity contribution in [2.45, 2.75) is 58.4 Å². The van der Waals surface area contributed by atoms with Crippen LogP contribution in [0.25, 0.3) is 11.0 Å². The summed E-state index contributed by atoms with van der Waals surface area (Å²) in [5.41, 5.74) is 2.25. The lowest BCUT2D eigenvalue weighted by Crippen LogP contribution is -2.33. The van der Waals surface area contributed by atoms with Crippen LogP contribution in [-0.4, -0.2) is 22.0 Å². The molecule has 2 aromatic rings. The second kappa shape index (κ2) is 7.62. The van der Waals surface area contributed by atoms with E-state index in [1.165, 1.54) is 24.8 Å². The summed E-state index contributed by atoms with van der Waals surface area (Å²) in [6.07, 6.45) is 7.68. The molecule has 3 rings (SSSR count). The maximum absolute atomic E-state index is 12.2. The Kier molecular flexibility index (Phi) is 5.31. The number of carbonyl (C=O) groups excluding carboxylic acids is 1. The van der Waals surface area contributed by atoms with E-state index in [0.717, 1.165) is 43.6 Å². The average Bonchev–Trinajstić information content (AvgIpc) is 2.94. The van der Waals surface area contributed by atoms with Gasteiger partial charge in [-0.25, -0.2) is 4.98 Å². The Balaban J connectivity index is 1.62. The zero-order valence-electron chi connectivity index (χ0n) is 14.1. The standard InChI is InChI=1S/C19H27N3O/c1-2-14-22-17-11-7-6-10-16(17)21-18(22)12-13-20-19(23)15-8-4-3-5-9-15/h6-7,10-11,15H,2-5,8-9,12-14H2,1H3,(H,20,23). The van der Waals surface area contributed by atoms with Gasteiger partial charge in [0.25, 0.3) is 0 Å². The summed E-state index contributed by atoms with van der Waals surface area (Å²) in [7, 11) is 0. The lowest BCUT2D eigenvalue weighted by molar-refractivity contribution is -0.125. The van der Waals surface area contributed by atoms with Gasteiger partial charge in [-0.2, -0.15) is 0 Å². The number of nitrogens with one attached hydrogen (secondary N) is 1. The molecule has 1 heterocycles. The minimum absolute atomic E-state index is 0.234. The van der Waals surface area contributed by atoms with Gasteiger partial charge < -0.3 is 9.88 Å². The Morgan fingerprint density at radius 3 is 2.83 bits per heavy atom. The highest BCUT2D eigenvalue weighted by molar-refractivity contribution is 5.78. The van der Waals surface area contributed by atoms with E-state index in [0.29, 0.717) is 6.54 Å². The lowest BCUT2D eigenvalue weighted by atomic mass is 9.89. The van der Waals surface area contributed by atoms with Gasteiger partial charge in [-0.15, -0.1) is 0 Å². The molecule has 1 N–H and O–H groups in total. The summed E-state index contributed by atoms with van der Waals surface area (Å²) in [6, 6.07) is 8.28. The summed E-state index contributed by atoms with van der Waals surface area (Å²) in [5.74, 6) is 1.55. The molecule has 0 atom stereocenters. The first-order chi connectivity index (χ1) is 11.3. The number of nitrogens with zero attached hydrogens (tertiary/aromatic N) is 2. The number of fused-ring (bicyclic) bond motifs is 1. The fourth-order valence-corrected chi connectivity index (χ4v) is 3.60. The second-order valence-electron chi connectivity index (χ2n) is 6.54. The van der Waals surface area contributed by atoms with Crippen molar-refractivity contribution in [2.24, 2.45) is 5.92 Å². The van der Waals surface area contributed by atoms with E-state index < -0.39 is 0 Å². The van der Waals surface area contributed by atoms with Gasteiger partial charge in [-0.1, -0.05) is 38.3 Å². The normalized spacial score (nSPS) is 15.9. The maximum atomic E-state index is 12.2. The molecule has 1 aliphatic rings. The van der Waals surface area contributed by atoms with E-state index in [1.807, 2.05) is 6.07 Å². The molecule has 1 amide bonds. The van der Waals surface area contributed by atoms with Crippen molar-refractivity contribution in [1.29, 1.82) is 0 Å². The highest BCUT2D eigenvalue weighted by Gasteiger charge is 2.20. The number of carbonyl (C=O) groups is 1. The van der Waals surface area contributed by atoms with Gasteiger partial charge in [-0.05, 0) is 31.4 Å². The maximum Gasteiger partial charge on any atom is 0.223 e. The van der Waals surface area contributed by atoms with Crippen LogP contribution in [-0.2, 0) is 17.8 Å². The molecule has 0 bridgehead atoms. The minimum Gasteiger partial charge on any atom is -0.355 e. The summed E-state index contributed by atoms with van der Waals surface area (Å²) in [4.78, 5) is 17.0. The molecular formula is C19H27N3O. The average molecular weight is 313 g/mol. The molecule has 4 heteroatoms. The molecule has 1 saturated carbocycles. The van der Waals surface area contributed by atoms with E-state index in [9.17, 15) is 4.79 Å². The van der Waals surface area contributed by atoms with Crippen LogP contribution in [0.3, 0.4) is 0 Å². The van der Waals surface area contributed by atoms with Crippen molar-refractivity contribution in [3.8, 4) is 0 Å². The third-order valence-electron chi connectivity index (χ3n) is 4.80. The first kappa shape index (κ1) is 16.0. The van der Waals surface area contributed by atoms with Gasteiger partial charge in [0.05, 0.1) is 11.0 Å². The minimum atomic E-state index is 0.234. The summed E-state index contributed by atoms with van der Waals surface area (Å²) < 4.78 is 2.29. The smallest absolute Gasteiger partial charge is 0.223 e. The zero-order valence-corrected chi connectivity index (χ0v) is 14.1. The van der Waals surface area contributed by atoms with E-state index in [2.05, 4.69) is 35.0 Å². The first-order valence-corrected chi connectivity index (χ1v) is 9.01. The van der Waals surface area contributed by atoms with Crippen molar-refractivity contribution >= 4 is 16.9 Å². The number of rotatable bonds is 6. The van der Waals surface area contributed by atoms with Gasteiger partial charge >= 0.3 is 0 Å². The van der Waals surface area contributed by atoms with Crippen molar-refractivity contribution in [3.05, 3.63) is 30.1 Å². The number of imidazole rings is 1. The third kappa shape index (κ3) is 3.74. The molecular weight excluding hydrogens is 286 g/mol. The first-order valence-electron chi connectivity index (χ1n) is 9.01. The summed E-state index contributed by atoms with van der Waals surface area (Å²) >= 11 is 0. The number of hydrogen-bond donors (Lipinski definition) is 1. The van der Waals surface area contributed by atoms with Crippen molar-refractivity contribution < 1.29 is 4.79 Å². The predicted octanol–water partition coefficient (Wildman–Crippen LogP) is 3.69. The molecule has 1 aliphatic carbocycles. The molecule has 4 nitrogen and oxygen atoms in total. The molecule has 23 heavy (non-hydrogen) atoms. The largest absolute Gasteiger partial charge is 0.355 e. The van der Waals surface area contributed by atoms with Crippen LogP contribution in [0.4, 0.5) is 0 Å². The number of aryl methyl sites for hydroxylation is 1. The molecule has 1 fully saturated rings. The topological polar surface area (TPSA) is 46.9 Å². The number of hydrogen-bond acceptors (Lipinski definition) is 2. The van der Waals surface area contributed by atoms with Crippen LogP contribution >= 0.6 is 0 Å². The van der Waals surface area contributed by atoms with Crippen LogP contribution in [0.5, 0.6) is 0 Å². The second-order valence-corrected chi connectivity index (χ2v) is 6.54. The van der Waals surface area contributed by atoms with Crippen LogP contribution in [0.2, 0.25) is 0 Å². The third-order valence-corrected chi connectivity index (χ3v) is 4.80. The molecule has 0 spiro atoms. The molecule has 0 aliphatic heterocycles. The Morgan fingerprint density at radius 2 is 2.04 bits per heavy atom. The highest BCUT2D eigenvalue weighted by Crippen LogP contribution is 2.23. The van der Waals surface area contributed by atoms with E-state index in [-0.39, 0.29) is 11.8 Å². The van der Waals surface area contributed by atoms with Crippen LogP contribution in [0.1, 0.15) is 51.3 Å². The predicted molar refractivity (Wildman–Crippen MR) is 93.3 cm³/mol. The van der Waals surface area contributed by atoms with Crippen molar-refractivity contribution in [3.63, 3.8) is 0 Å². The fourth-order valence-electron chi connectivity index (χ4n) is 3.60. The quantitative estimate of drug-likeness (QED) is 0.884. The Labute approximate surface area is 138 Å². The number of amides is 1. The van der Waals surface area contributed by atoms with Crippen molar-refractivity contribution in [2.75, 3.05) is 6.54 Å². The van der Waals surface area contributed by atoms with E-state index in [1.54, 1.807) is 0 Å². The zero-order chi connectivity index (χ0) is 16.1. The summed E-state index contributed by atoms with van der Waals surface area (Å²) in [5, 5.41) is 3.12. The number of para-hydroxylation sites is 2. The van der Waals surface area contributed by atoms with Gasteiger partial charge in [0.15, 0.2) is 0 Å². The van der Waals surface area contributed by atoms with E-state index >= 15 is 0 Å².